The molecule has 1 amide bonds. The van der Waals surface area contributed by atoms with E-state index in [0.29, 0.717) is 12.1 Å². The van der Waals surface area contributed by atoms with Gasteiger partial charge in [-0.05, 0) is 26.7 Å². The van der Waals surface area contributed by atoms with Crippen molar-refractivity contribution in [3.05, 3.63) is 17.5 Å². The van der Waals surface area contributed by atoms with Gasteiger partial charge in [-0.15, -0.1) is 0 Å². The smallest absolute Gasteiger partial charge is 0.290 e. The predicted octanol–water partition coefficient (Wildman–Crippen LogP) is 0.874. The molecule has 0 saturated carbocycles. The number of aryl methyl sites for hydroxylation is 1. The van der Waals surface area contributed by atoms with Gasteiger partial charge in [0.15, 0.2) is 0 Å². The maximum Gasteiger partial charge on any atom is 0.290 e. The number of nitrogens with zero attached hydrogens (tertiary/aromatic N) is 1. The van der Waals surface area contributed by atoms with Crippen molar-refractivity contribution in [1.29, 1.82) is 0 Å². The molecule has 0 aliphatic carbocycles. The first-order valence-electron chi connectivity index (χ1n) is 4.98. The quantitative estimate of drug-likeness (QED) is 0.759. The zero-order chi connectivity index (χ0) is 11.3. The number of carbonyl (C=O) groups excluding carboxylic acids is 1. The Labute approximate surface area is 88.5 Å². The minimum Gasteiger partial charge on any atom is -0.396 e. The summed E-state index contributed by atoms with van der Waals surface area (Å²) in [5.41, 5.74) is 0.683. The molecule has 0 spiro atoms. The van der Waals surface area contributed by atoms with Crippen LogP contribution in [-0.4, -0.2) is 28.8 Å². The maximum absolute atomic E-state index is 11.5. The van der Waals surface area contributed by atoms with Crippen LogP contribution in [0.25, 0.3) is 0 Å². The SMILES string of the molecule is Cc1cc(C(=O)NC(C)CCCO)on1. The fourth-order valence-electron chi connectivity index (χ4n) is 1.24. The largest absolute Gasteiger partial charge is 0.396 e. The second kappa shape index (κ2) is 5.50. The normalized spacial score (nSPS) is 12.5. The maximum atomic E-state index is 11.5. The molecule has 1 atom stereocenters. The third kappa shape index (κ3) is 3.71. The summed E-state index contributed by atoms with van der Waals surface area (Å²) in [6, 6.07) is 1.61. The molecule has 15 heavy (non-hydrogen) atoms. The minimum atomic E-state index is -0.263. The van der Waals surface area contributed by atoms with Gasteiger partial charge in [-0.25, -0.2) is 0 Å². The van der Waals surface area contributed by atoms with E-state index < -0.39 is 0 Å². The Morgan fingerprint density at radius 1 is 1.73 bits per heavy atom. The number of aromatic nitrogens is 1. The summed E-state index contributed by atoms with van der Waals surface area (Å²) in [7, 11) is 0. The molecule has 0 aromatic carbocycles. The highest BCUT2D eigenvalue weighted by atomic mass is 16.5. The molecule has 1 heterocycles. The number of hydrogen-bond acceptors (Lipinski definition) is 4. The van der Waals surface area contributed by atoms with Gasteiger partial charge in [0.05, 0.1) is 5.69 Å². The molecule has 0 bridgehead atoms. The third-order valence-electron chi connectivity index (χ3n) is 2.02. The summed E-state index contributed by atoms with van der Waals surface area (Å²) in [5.74, 6) is -0.0376. The Bertz CT molecular complexity index is 322. The van der Waals surface area contributed by atoms with Gasteiger partial charge in [0, 0.05) is 18.7 Å². The van der Waals surface area contributed by atoms with E-state index >= 15 is 0 Å². The number of aliphatic hydroxyl groups is 1. The highest BCUT2D eigenvalue weighted by Crippen LogP contribution is 2.03. The molecule has 0 fully saturated rings. The van der Waals surface area contributed by atoms with Gasteiger partial charge in [0.2, 0.25) is 5.76 Å². The van der Waals surface area contributed by atoms with Gasteiger partial charge in [0.25, 0.3) is 5.91 Å². The Hall–Kier alpha value is -1.36. The van der Waals surface area contributed by atoms with E-state index in [-0.39, 0.29) is 24.3 Å². The lowest BCUT2D eigenvalue weighted by molar-refractivity contribution is 0.0899. The Morgan fingerprint density at radius 2 is 2.47 bits per heavy atom. The molecule has 0 radical (unpaired) electrons. The summed E-state index contributed by atoms with van der Waals surface area (Å²) in [4.78, 5) is 11.5. The molecule has 0 saturated heterocycles. The fraction of sp³-hybridized carbons (Fsp3) is 0.600. The minimum absolute atomic E-state index is 0.0232. The number of rotatable bonds is 5. The van der Waals surface area contributed by atoms with Crippen LogP contribution in [0.3, 0.4) is 0 Å². The molecule has 5 nitrogen and oxygen atoms in total. The van der Waals surface area contributed by atoms with Gasteiger partial charge in [-0.2, -0.15) is 0 Å². The summed E-state index contributed by atoms with van der Waals surface area (Å²) in [5, 5.41) is 15.0. The zero-order valence-corrected chi connectivity index (χ0v) is 8.99. The molecular formula is C10H16N2O3. The van der Waals surface area contributed by atoms with Gasteiger partial charge < -0.3 is 14.9 Å². The molecule has 0 aliphatic rings. The van der Waals surface area contributed by atoms with Crippen LogP contribution in [0.5, 0.6) is 0 Å². The lowest BCUT2D eigenvalue weighted by atomic mass is 10.2. The van der Waals surface area contributed by atoms with Crippen LogP contribution >= 0.6 is 0 Å². The van der Waals surface area contributed by atoms with Crippen molar-refractivity contribution < 1.29 is 14.4 Å². The first kappa shape index (κ1) is 11.7. The summed E-state index contributed by atoms with van der Waals surface area (Å²) in [6.45, 7) is 3.79. The number of aliphatic hydroxyl groups excluding tert-OH is 1. The van der Waals surface area contributed by atoms with E-state index in [1.54, 1.807) is 13.0 Å². The number of carbonyl (C=O) groups is 1. The predicted molar refractivity (Wildman–Crippen MR) is 54.5 cm³/mol. The molecular weight excluding hydrogens is 196 g/mol. The Balaban J connectivity index is 2.42. The molecule has 1 unspecified atom stereocenters. The van der Waals surface area contributed by atoms with Gasteiger partial charge in [-0.3, -0.25) is 4.79 Å². The standard InChI is InChI=1S/C10H16N2O3/c1-7(4-3-5-13)11-10(14)9-6-8(2)12-15-9/h6-7,13H,3-5H2,1-2H3,(H,11,14). The summed E-state index contributed by atoms with van der Waals surface area (Å²) in [6.07, 6.45) is 1.42. The fourth-order valence-corrected chi connectivity index (χ4v) is 1.24. The summed E-state index contributed by atoms with van der Waals surface area (Å²) >= 11 is 0. The van der Waals surface area contributed by atoms with E-state index in [4.69, 9.17) is 9.63 Å². The van der Waals surface area contributed by atoms with Crippen molar-refractivity contribution >= 4 is 5.91 Å². The first-order chi connectivity index (χ1) is 7.13. The van der Waals surface area contributed by atoms with Crippen LogP contribution in [0.4, 0.5) is 0 Å². The van der Waals surface area contributed by atoms with Crippen molar-refractivity contribution in [2.75, 3.05) is 6.61 Å². The monoisotopic (exact) mass is 212 g/mol. The Morgan fingerprint density at radius 3 is 3.00 bits per heavy atom. The molecule has 1 aromatic rings. The number of nitrogens with one attached hydrogen (secondary N) is 1. The van der Waals surface area contributed by atoms with Gasteiger partial charge >= 0.3 is 0 Å². The Kier molecular flexibility index (Phi) is 4.30. The van der Waals surface area contributed by atoms with E-state index in [9.17, 15) is 4.79 Å². The zero-order valence-electron chi connectivity index (χ0n) is 8.99. The molecule has 5 heteroatoms. The molecule has 1 aromatic heterocycles. The van der Waals surface area contributed by atoms with Crippen LogP contribution in [0.1, 0.15) is 36.0 Å². The van der Waals surface area contributed by atoms with E-state index in [1.807, 2.05) is 6.92 Å². The topological polar surface area (TPSA) is 75.4 Å². The van der Waals surface area contributed by atoms with Crippen LogP contribution < -0.4 is 5.32 Å². The van der Waals surface area contributed by atoms with Crippen LogP contribution in [0.15, 0.2) is 10.6 Å². The molecule has 0 aliphatic heterocycles. The first-order valence-corrected chi connectivity index (χ1v) is 4.98. The van der Waals surface area contributed by atoms with E-state index in [0.717, 1.165) is 6.42 Å². The van der Waals surface area contributed by atoms with Crippen LogP contribution in [-0.2, 0) is 0 Å². The molecule has 2 N–H and O–H groups in total. The van der Waals surface area contributed by atoms with Crippen molar-refractivity contribution in [3.63, 3.8) is 0 Å². The lowest BCUT2D eigenvalue weighted by Gasteiger charge is -2.11. The second-order valence-electron chi connectivity index (χ2n) is 3.57. The van der Waals surface area contributed by atoms with E-state index in [2.05, 4.69) is 10.5 Å². The van der Waals surface area contributed by atoms with Crippen molar-refractivity contribution in [2.45, 2.75) is 32.7 Å². The number of amides is 1. The highest BCUT2D eigenvalue weighted by molar-refractivity contribution is 5.91. The number of hydrogen-bond donors (Lipinski definition) is 2. The van der Waals surface area contributed by atoms with Crippen molar-refractivity contribution in [3.8, 4) is 0 Å². The highest BCUT2D eigenvalue weighted by Gasteiger charge is 2.13. The molecule has 1 rings (SSSR count). The van der Waals surface area contributed by atoms with Gasteiger partial charge in [-0.1, -0.05) is 5.16 Å². The van der Waals surface area contributed by atoms with Crippen molar-refractivity contribution in [1.82, 2.24) is 10.5 Å². The molecule has 84 valence electrons. The van der Waals surface area contributed by atoms with Gasteiger partial charge in [0.1, 0.15) is 0 Å². The summed E-state index contributed by atoms with van der Waals surface area (Å²) < 4.78 is 4.82. The van der Waals surface area contributed by atoms with E-state index in [1.165, 1.54) is 0 Å². The van der Waals surface area contributed by atoms with Crippen molar-refractivity contribution in [2.24, 2.45) is 0 Å². The third-order valence-corrected chi connectivity index (χ3v) is 2.02. The lowest BCUT2D eigenvalue weighted by Crippen LogP contribution is -2.32. The van der Waals surface area contributed by atoms with Crippen LogP contribution in [0.2, 0.25) is 0 Å². The average molecular weight is 212 g/mol. The second-order valence-corrected chi connectivity index (χ2v) is 3.57. The van der Waals surface area contributed by atoms with Crippen LogP contribution in [0, 0.1) is 6.92 Å². The average Bonchev–Trinajstić information content (AvgIpc) is 2.61.